The molecule has 1 fully saturated rings. The van der Waals surface area contributed by atoms with Crippen LogP contribution in [-0.2, 0) is 4.79 Å². The second-order valence-electron chi connectivity index (χ2n) is 3.95. The number of carbonyl (C=O) groups is 1. The normalized spacial score (nSPS) is 22.2. The highest BCUT2D eigenvalue weighted by molar-refractivity contribution is 5.51. The lowest BCUT2D eigenvalue weighted by molar-refractivity contribution is -0.107. The van der Waals surface area contributed by atoms with Gasteiger partial charge in [-0.25, -0.2) is 0 Å². The summed E-state index contributed by atoms with van der Waals surface area (Å²) in [4.78, 5) is 10.3. The number of hydrogen-bond donors (Lipinski definition) is 0. The molecule has 0 aromatic carbocycles. The number of aldehydes is 1. The van der Waals surface area contributed by atoms with Crippen LogP contribution in [0, 0.1) is 5.92 Å². The summed E-state index contributed by atoms with van der Waals surface area (Å²) in [7, 11) is 0. The summed E-state index contributed by atoms with van der Waals surface area (Å²) in [5, 5.41) is 0. The van der Waals surface area contributed by atoms with Crippen molar-refractivity contribution in [2.75, 3.05) is 0 Å². The van der Waals surface area contributed by atoms with Crippen molar-refractivity contribution in [3.63, 3.8) is 0 Å². The zero-order valence-electron chi connectivity index (χ0n) is 7.96. The van der Waals surface area contributed by atoms with E-state index in [-0.39, 0.29) is 0 Å². The Morgan fingerprint density at radius 1 is 1.31 bits per heavy atom. The van der Waals surface area contributed by atoms with Gasteiger partial charge in [-0.05, 0) is 49.2 Å². The summed E-state index contributed by atoms with van der Waals surface area (Å²) >= 11 is 0. The lowest BCUT2D eigenvalue weighted by atomic mass is 9.91. The molecule has 0 radical (unpaired) electrons. The maximum absolute atomic E-state index is 10.3. The molecule has 0 N–H and O–H groups in total. The number of hydrogen-bond acceptors (Lipinski definition) is 1. The standard InChI is InChI=1S/C12H16O/c13-9-3-5-10-4-1-2-6-12(10)11-7-8-11/h4,6,9,11H,1-3,5,7-8H2. The van der Waals surface area contributed by atoms with Crippen LogP contribution in [0.3, 0.4) is 0 Å². The third-order valence-corrected chi connectivity index (χ3v) is 2.84. The molecule has 0 bridgehead atoms. The predicted octanol–water partition coefficient (Wildman–Crippen LogP) is 3.02. The number of rotatable bonds is 4. The van der Waals surface area contributed by atoms with Gasteiger partial charge in [-0.15, -0.1) is 0 Å². The first kappa shape index (κ1) is 8.74. The molecule has 13 heavy (non-hydrogen) atoms. The Bertz CT molecular complexity index is 256. The minimum Gasteiger partial charge on any atom is -0.303 e. The van der Waals surface area contributed by atoms with Gasteiger partial charge in [0.2, 0.25) is 0 Å². The Morgan fingerprint density at radius 3 is 2.77 bits per heavy atom. The van der Waals surface area contributed by atoms with Crippen LogP contribution in [0.1, 0.15) is 38.5 Å². The van der Waals surface area contributed by atoms with Gasteiger partial charge in [0.15, 0.2) is 0 Å². The SMILES string of the molecule is O=CCCC1=CCCC=C1C1CC1. The van der Waals surface area contributed by atoms with Crippen molar-refractivity contribution in [3.05, 3.63) is 23.3 Å². The van der Waals surface area contributed by atoms with Crippen molar-refractivity contribution in [3.8, 4) is 0 Å². The highest BCUT2D eigenvalue weighted by atomic mass is 16.1. The first-order chi connectivity index (χ1) is 6.42. The van der Waals surface area contributed by atoms with Crippen LogP contribution >= 0.6 is 0 Å². The molecule has 70 valence electrons. The minimum absolute atomic E-state index is 0.690. The topological polar surface area (TPSA) is 17.1 Å². The monoisotopic (exact) mass is 176 g/mol. The first-order valence-electron chi connectivity index (χ1n) is 5.25. The van der Waals surface area contributed by atoms with Gasteiger partial charge in [0.25, 0.3) is 0 Å². The van der Waals surface area contributed by atoms with Gasteiger partial charge in [0.05, 0.1) is 0 Å². The van der Waals surface area contributed by atoms with Gasteiger partial charge in [0, 0.05) is 6.42 Å². The number of carbonyl (C=O) groups excluding carboxylic acids is 1. The Morgan fingerprint density at radius 2 is 2.08 bits per heavy atom. The van der Waals surface area contributed by atoms with Gasteiger partial charge in [0.1, 0.15) is 6.29 Å². The zero-order valence-corrected chi connectivity index (χ0v) is 7.96. The molecule has 0 atom stereocenters. The fourth-order valence-corrected chi connectivity index (χ4v) is 2.03. The van der Waals surface area contributed by atoms with Crippen molar-refractivity contribution in [1.29, 1.82) is 0 Å². The molecular formula is C12H16O. The molecule has 0 aromatic heterocycles. The minimum atomic E-state index is 0.690. The molecule has 2 aliphatic rings. The average Bonchev–Trinajstić information content (AvgIpc) is 2.98. The molecule has 0 aromatic rings. The smallest absolute Gasteiger partial charge is 0.120 e. The molecular weight excluding hydrogens is 160 g/mol. The van der Waals surface area contributed by atoms with Crippen molar-refractivity contribution in [2.24, 2.45) is 5.92 Å². The molecule has 0 saturated heterocycles. The van der Waals surface area contributed by atoms with E-state index in [1.54, 1.807) is 5.57 Å². The van der Waals surface area contributed by atoms with Crippen molar-refractivity contribution in [2.45, 2.75) is 38.5 Å². The van der Waals surface area contributed by atoms with Crippen LogP contribution in [0.25, 0.3) is 0 Å². The van der Waals surface area contributed by atoms with Gasteiger partial charge in [-0.1, -0.05) is 12.2 Å². The Labute approximate surface area is 79.5 Å². The highest BCUT2D eigenvalue weighted by Crippen LogP contribution is 2.42. The second kappa shape index (κ2) is 3.91. The van der Waals surface area contributed by atoms with E-state index in [1.807, 2.05) is 0 Å². The first-order valence-corrected chi connectivity index (χ1v) is 5.25. The van der Waals surface area contributed by atoms with E-state index in [1.165, 1.54) is 31.3 Å². The van der Waals surface area contributed by atoms with Crippen LogP contribution in [0.15, 0.2) is 23.3 Å². The molecule has 0 aliphatic heterocycles. The molecule has 2 aliphatic carbocycles. The quantitative estimate of drug-likeness (QED) is 0.602. The van der Waals surface area contributed by atoms with Crippen LogP contribution in [0.4, 0.5) is 0 Å². The summed E-state index contributed by atoms with van der Waals surface area (Å²) in [6, 6.07) is 0. The van der Waals surface area contributed by atoms with E-state index in [9.17, 15) is 4.79 Å². The second-order valence-corrected chi connectivity index (χ2v) is 3.95. The van der Waals surface area contributed by atoms with E-state index >= 15 is 0 Å². The summed E-state index contributed by atoms with van der Waals surface area (Å²) in [6.45, 7) is 0. The summed E-state index contributed by atoms with van der Waals surface area (Å²) in [6.07, 6.45) is 12.5. The third kappa shape index (κ3) is 2.09. The highest BCUT2D eigenvalue weighted by Gasteiger charge is 2.28. The van der Waals surface area contributed by atoms with Crippen molar-refractivity contribution < 1.29 is 4.79 Å². The fraction of sp³-hybridized carbons (Fsp3) is 0.583. The van der Waals surface area contributed by atoms with Crippen LogP contribution in [0.5, 0.6) is 0 Å². The third-order valence-electron chi connectivity index (χ3n) is 2.84. The lowest BCUT2D eigenvalue weighted by Gasteiger charge is -2.14. The maximum Gasteiger partial charge on any atom is 0.120 e. The van der Waals surface area contributed by atoms with E-state index in [4.69, 9.17) is 0 Å². The average molecular weight is 176 g/mol. The Hall–Kier alpha value is -0.850. The molecule has 0 heterocycles. The molecule has 1 heteroatoms. The van der Waals surface area contributed by atoms with Gasteiger partial charge < -0.3 is 4.79 Å². The van der Waals surface area contributed by atoms with Crippen molar-refractivity contribution >= 4 is 6.29 Å². The zero-order chi connectivity index (χ0) is 9.10. The molecule has 0 amide bonds. The van der Waals surface area contributed by atoms with Crippen LogP contribution in [-0.4, -0.2) is 6.29 Å². The van der Waals surface area contributed by atoms with E-state index < -0.39 is 0 Å². The van der Waals surface area contributed by atoms with Crippen LogP contribution in [0.2, 0.25) is 0 Å². The van der Waals surface area contributed by atoms with E-state index in [2.05, 4.69) is 12.2 Å². The molecule has 0 spiro atoms. The van der Waals surface area contributed by atoms with E-state index in [0.29, 0.717) is 6.42 Å². The van der Waals surface area contributed by atoms with E-state index in [0.717, 1.165) is 18.6 Å². The fourth-order valence-electron chi connectivity index (χ4n) is 2.03. The number of allylic oxidation sites excluding steroid dienone is 4. The van der Waals surface area contributed by atoms with Gasteiger partial charge >= 0.3 is 0 Å². The maximum atomic E-state index is 10.3. The molecule has 1 saturated carbocycles. The molecule has 0 unspecified atom stereocenters. The summed E-state index contributed by atoms with van der Waals surface area (Å²) in [5.41, 5.74) is 3.02. The van der Waals surface area contributed by atoms with Gasteiger partial charge in [-0.3, -0.25) is 0 Å². The van der Waals surface area contributed by atoms with Gasteiger partial charge in [-0.2, -0.15) is 0 Å². The Balaban J connectivity index is 2.00. The predicted molar refractivity (Wildman–Crippen MR) is 53.4 cm³/mol. The molecule has 2 rings (SSSR count). The summed E-state index contributed by atoms with van der Waals surface area (Å²) < 4.78 is 0. The lowest BCUT2D eigenvalue weighted by Crippen LogP contribution is -1.98. The van der Waals surface area contributed by atoms with Crippen molar-refractivity contribution in [1.82, 2.24) is 0 Å². The Kier molecular flexibility index (Phi) is 2.62. The molecule has 1 nitrogen and oxygen atoms in total. The summed E-state index contributed by atoms with van der Waals surface area (Å²) in [5.74, 6) is 0.846. The van der Waals surface area contributed by atoms with Crippen LogP contribution < -0.4 is 0 Å². The largest absolute Gasteiger partial charge is 0.303 e.